The highest BCUT2D eigenvalue weighted by Crippen LogP contribution is 2.22. The van der Waals surface area contributed by atoms with Crippen molar-refractivity contribution in [3.8, 4) is 0 Å². The van der Waals surface area contributed by atoms with E-state index in [1.54, 1.807) is 17.9 Å². The topological polar surface area (TPSA) is 58.1 Å². The number of rotatable bonds is 3. The average molecular weight is 318 g/mol. The summed E-state index contributed by atoms with van der Waals surface area (Å²) in [6, 6.07) is 5.12. The van der Waals surface area contributed by atoms with Crippen molar-refractivity contribution >= 4 is 17.5 Å². The molecular weight excluding hydrogens is 302 g/mol. The van der Waals surface area contributed by atoms with E-state index in [-0.39, 0.29) is 23.2 Å². The van der Waals surface area contributed by atoms with E-state index in [4.69, 9.17) is 0 Å². The maximum Gasteiger partial charge on any atom is 0.272 e. The Kier molecular flexibility index (Phi) is 4.18. The normalized spacial score (nSPS) is 14.1. The van der Waals surface area contributed by atoms with Gasteiger partial charge in [-0.25, -0.2) is 18.7 Å². The lowest BCUT2D eigenvalue weighted by molar-refractivity contribution is 0.0787. The van der Waals surface area contributed by atoms with Crippen LogP contribution in [-0.2, 0) is 0 Å². The van der Waals surface area contributed by atoms with Gasteiger partial charge >= 0.3 is 0 Å². The van der Waals surface area contributed by atoms with Gasteiger partial charge in [-0.15, -0.1) is 0 Å². The number of aromatic nitrogens is 2. The molecule has 1 saturated heterocycles. The quantitative estimate of drug-likeness (QED) is 0.945. The number of hydrogen-bond donors (Lipinski definition) is 1. The maximum atomic E-state index is 13.7. The molecule has 0 saturated carbocycles. The van der Waals surface area contributed by atoms with Crippen LogP contribution in [0.2, 0.25) is 0 Å². The lowest BCUT2D eigenvalue weighted by Gasteiger charge is -2.15. The molecule has 0 atom stereocenters. The molecule has 2 heterocycles. The SMILES string of the molecule is Cc1cc(C(=O)N2CCCC2)nc(Nc2c(F)cccc2F)n1. The summed E-state index contributed by atoms with van der Waals surface area (Å²) in [5.74, 6) is -1.69. The first-order valence-corrected chi connectivity index (χ1v) is 7.40. The summed E-state index contributed by atoms with van der Waals surface area (Å²) in [5, 5.41) is 2.52. The molecule has 0 unspecified atom stereocenters. The third-order valence-corrected chi connectivity index (χ3v) is 3.67. The second-order valence-electron chi connectivity index (χ2n) is 5.44. The minimum absolute atomic E-state index is 0.00320. The fourth-order valence-electron chi connectivity index (χ4n) is 2.55. The van der Waals surface area contributed by atoms with E-state index < -0.39 is 11.6 Å². The Labute approximate surface area is 132 Å². The molecule has 0 aliphatic carbocycles. The van der Waals surface area contributed by atoms with Crippen molar-refractivity contribution in [3.63, 3.8) is 0 Å². The molecule has 0 radical (unpaired) electrons. The zero-order valence-corrected chi connectivity index (χ0v) is 12.6. The lowest BCUT2D eigenvalue weighted by atomic mass is 10.3. The number of carbonyl (C=O) groups is 1. The summed E-state index contributed by atoms with van der Waals surface area (Å²) < 4.78 is 27.4. The molecule has 1 amide bonds. The summed E-state index contributed by atoms with van der Waals surface area (Å²) in [4.78, 5) is 22.3. The molecule has 3 rings (SSSR count). The number of halogens is 2. The molecule has 2 aromatic rings. The maximum absolute atomic E-state index is 13.7. The van der Waals surface area contributed by atoms with Gasteiger partial charge in [-0.05, 0) is 38.0 Å². The van der Waals surface area contributed by atoms with Gasteiger partial charge < -0.3 is 10.2 Å². The first-order valence-electron chi connectivity index (χ1n) is 7.40. The van der Waals surface area contributed by atoms with Gasteiger partial charge in [0.05, 0.1) is 0 Å². The van der Waals surface area contributed by atoms with E-state index in [1.165, 1.54) is 6.07 Å². The Hall–Kier alpha value is -2.57. The van der Waals surface area contributed by atoms with Gasteiger partial charge in [0.15, 0.2) is 0 Å². The molecule has 120 valence electrons. The zero-order valence-electron chi connectivity index (χ0n) is 12.6. The van der Waals surface area contributed by atoms with Crippen LogP contribution >= 0.6 is 0 Å². The summed E-state index contributed by atoms with van der Waals surface area (Å²) >= 11 is 0. The smallest absolute Gasteiger partial charge is 0.272 e. The number of nitrogens with one attached hydrogen (secondary N) is 1. The molecule has 1 N–H and O–H groups in total. The van der Waals surface area contributed by atoms with Crippen molar-refractivity contribution < 1.29 is 13.6 Å². The number of hydrogen-bond acceptors (Lipinski definition) is 4. The summed E-state index contributed by atoms with van der Waals surface area (Å²) in [5.41, 5.74) is 0.429. The minimum Gasteiger partial charge on any atom is -0.337 e. The number of amides is 1. The van der Waals surface area contributed by atoms with Crippen LogP contribution in [0.5, 0.6) is 0 Å². The largest absolute Gasteiger partial charge is 0.337 e. The number of anilines is 2. The van der Waals surface area contributed by atoms with E-state index in [1.807, 2.05) is 0 Å². The van der Waals surface area contributed by atoms with Crippen LogP contribution < -0.4 is 5.32 Å². The number of nitrogens with zero attached hydrogens (tertiary/aromatic N) is 3. The van der Waals surface area contributed by atoms with Crippen molar-refractivity contribution in [1.82, 2.24) is 14.9 Å². The van der Waals surface area contributed by atoms with E-state index in [2.05, 4.69) is 15.3 Å². The van der Waals surface area contributed by atoms with Gasteiger partial charge in [0.25, 0.3) is 5.91 Å². The standard InChI is InChI=1S/C16H16F2N4O/c1-10-9-13(15(23)22-7-2-3-8-22)20-16(19-10)21-14-11(17)5-4-6-12(14)18/h4-6,9H,2-3,7-8H2,1H3,(H,19,20,21). The van der Waals surface area contributed by atoms with E-state index in [0.717, 1.165) is 25.0 Å². The molecular formula is C16H16F2N4O. The van der Waals surface area contributed by atoms with Gasteiger partial charge in [-0.2, -0.15) is 0 Å². The second-order valence-corrected chi connectivity index (χ2v) is 5.44. The van der Waals surface area contributed by atoms with E-state index >= 15 is 0 Å². The van der Waals surface area contributed by atoms with Crippen molar-refractivity contribution in [2.75, 3.05) is 18.4 Å². The zero-order chi connectivity index (χ0) is 16.4. The third kappa shape index (κ3) is 3.28. The van der Waals surface area contributed by atoms with Crippen LogP contribution in [0.4, 0.5) is 20.4 Å². The van der Waals surface area contributed by atoms with Crippen LogP contribution in [0.25, 0.3) is 0 Å². The molecule has 7 heteroatoms. The molecule has 0 bridgehead atoms. The van der Waals surface area contributed by atoms with Crippen molar-refractivity contribution in [2.45, 2.75) is 19.8 Å². The lowest BCUT2D eigenvalue weighted by Crippen LogP contribution is -2.28. The monoisotopic (exact) mass is 318 g/mol. The van der Waals surface area contributed by atoms with Crippen molar-refractivity contribution in [3.05, 3.63) is 47.3 Å². The highest BCUT2D eigenvalue weighted by Gasteiger charge is 2.22. The fourth-order valence-corrected chi connectivity index (χ4v) is 2.55. The van der Waals surface area contributed by atoms with Crippen LogP contribution in [0.3, 0.4) is 0 Å². The van der Waals surface area contributed by atoms with Gasteiger partial charge in [0.1, 0.15) is 23.0 Å². The number of carbonyl (C=O) groups excluding carboxylic acids is 1. The van der Waals surface area contributed by atoms with E-state index in [9.17, 15) is 13.6 Å². The summed E-state index contributed by atoms with van der Waals surface area (Å²) in [7, 11) is 0. The number of likely N-dealkylation sites (tertiary alicyclic amines) is 1. The van der Waals surface area contributed by atoms with E-state index in [0.29, 0.717) is 18.8 Å². The molecule has 23 heavy (non-hydrogen) atoms. The predicted molar refractivity (Wildman–Crippen MR) is 81.5 cm³/mol. The first-order chi connectivity index (χ1) is 11.0. The number of benzene rings is 1. The number of aryl methyl sites for hydroxylation is 1. The Morgan fingerprint density at radius 2 is 1.83 bits per heavy atom. The first kappa shape index (κ1) is 15.3. The molecule has 1 aliphatic heterocycles. The average Bonchev–Trinajstić information content (AvgIpc) is 3.04. The predicted octanol–water partition coefficient (Wildman–Crippen LogP) is 3.04. The highest BCUT2D eigenvalue weighted by atomic mass is 19.1. The second kappa shape index (κ2) is 6.28. The van der Waals surface area contributed by atoms with Crippen LogP contribution in [0.1, 0.15) is 29.0 Å². The molecule has 5 nitrogen and oxygen atoms in total. The van der Waals surface area contributed by atoms with Crippen LogP contribution in [-0.4, -0.2) is 33.9 Å². The van der Waals surface area contributed by atoms with Crippen molar-refractivity contribution in [1.29, 1.82) is 0 Å². The van der Waals surface area contributed by atoms with Gasteiger partial charge in [0.2, 0.25) is 5.95 Å². The summed E-state index contributed by atoms with van der Waals surface area (Å²) in [6.45, 7) is 3.10. The van der Waals surface area contributed by atoms with Crippen LogP contribution in [0.15, 0.2) is 24.3 Å². The molecule has 0 spiro atoms. The molecule has 1 aliphatic rings. The fraction of sp³-hybridized carbons (Fsp3) is 0.312. The molecule has 1 aromatic heterocycles. The third-order valence-electron chi connectivity index (χ3n) is 3.67. The Balaban J connectivity index is 1.90. The minimum atomic E-state index is -0.748. The number of para-hydroxylation sites is 1. The Bertz CT molecular complexity index is 725. The Morgan fingerprint density at radius 3 is 2.48 bits per heavy atom. The highest BCUT2D eigenvalue weighted by molar-refractivity contribution is 5.92. The summed E-state index contributed by atoms with van der Waals surface area (Å²) in [6.07, 6.45) is 1.95. The van der Waals surface area contributed by atoms with Gasteiger partial charge in [0, 0.05) is 18.8 Å². The van der Waals surface area contributed by atoms with Crippen LogP contribution in [0, 0.1) is 18.6 Å². The molecule has 1 aromatic carbocycles. The Morgan fingerprint density at radius 1 is 1.17 bits per heavy atom. The van der Waals surface area contributed by atoms with Crippen molar-refractivity contribution in [2.24, 2.45) is 0 Å². The van der Waals surface area contributed by atoms with Gasteiger partial charge in [-0.1, -0.05) is 6.07 Å². The van der Waals surface area contributed by atoms with Gasteiger partial charge in [-0.3, -0.25) is 4.79 Å². The molecule has 1 fully saturated rings.